The summed E-state index contributed by atoms with van der Waals surface area (Å²) in [6.07, 6.45) is 1.09. The van der Waals surface area contributed by atoms with Gasteiger partial charge in [-0.1, -0.05) is 153 Å². The van der Waals surface area contributed by atoms with E-state index in [1.807, 2.05) is 158 Å². The number of anilines is 3. The van der Waals surface area contributed by atoms with Gasteiger partial charge in [-0.2, -0.15) is 0 Å². The summed E-state index contributed by atoms with van der Waals surface area (Å²) in [5, 5.41) is 16.8. The van der Waals surface area contributed by atoms with Gasteiger partial charge in [-0.05, 0) is 316 Å². The molecule has 4 aromatic heterocycles. The standard InChI is InChI=1S/C29H29BrClN3O3.C28H25Cl2N3O5.C27H23Cl2N3O4.C27H23Cl2N3O3/c1-33(2)15-3-17-36-22-9-4-19(5-10-22)28-27-24(25-18-21(31)8-13-26(25)32-27)14-16-34(28)29(35)37-23-11-6-20(30)7-12-23;1-36-14-15-37-27(34)31-20-7-2-17(3-8-20)26-25-22(23-16-19(30)6-11-24(23)32-25)12-13-33(26)28(35)38-21-9-4-18(29)5-10-21;1-2-35-26(33)30-19-8-3-16(4-9-19)25-24-21(22-15-18(29)7-12-23(22)31-24)13-14-32(25)27(34)36-20-10-5-17(28)6-11-20;1-2-24(33)30-19-8-3-16(4-9-19)26-25-21(22-15-18(29)7-12-23(22)31-25)13-14-32(26)27(34)35-20-10-5-17(28)6-11-20/h4-13,18,28,32H,3,14-17H2,1-2H3;2-11,16,26,32H,12-15H2,1H3,(H,31,34);3-12,15,25,31H,2,13-14H2,1H3,(H,30,33);3-12,15,26,31H,2,13-14H2,1H3,(H,30,33). The number of H-pyrrole nitrogens is 4. The minimum atomic E-state index is -0.574. The Morgan fingerprint density at radius 3 is 0.925 bits per heavy atom. The molecule has 7 amide bonds. The van der Waals surface area contributed by atoms with Crippen LogP contribution in [0.5, 0.6) is 28.7 Å². The zero-order valence-electron chi connectivity index (χ0n) is 79.7. The number of nitrogens with zero attached hydrogens (tertiary/aromatic N) is 5. The van der Waals surface area contributed by atoms with E-state index in [1.165, 1.54) is 12.7 Å². The van der Waals surface area contributed by atoms with Gasteiger partial charge < -0.3 is 68.0 Å². The number of fused-ring (bicyclic) bond motifs is 12. The molecule has 4 aliphatic heterocycles. The Morgan fingerprint density at radius 1 is 0.349 bits per heavy atom. The van der Waals surface area contributed by atoms with Crippen molar-refractivity contribution in [3.05, 3.63) is 374 Å². The van der Waals surface area contributed by atoms with Gasteiger partial charge in [0.15, 0.2) is 0 Å². The van der Waals surface area contributed by atoms with Crippen LogP contribution in [0.25, 0.3) is 43.6 Å². The third-order valence-corrected chi connectivity index (χ3v) is 27.4. The normalized spacial score (nSPS) is 14.9. The van der Waals surface area contributed by atoms with Gasteiger partial charge >= 0.3 is 36.6 Å². The zero-order chi connectivity index (χ0) is 102. The number of nitrogens with one attached hydrogen (secondary N) is 7. The average molecular weight is 2170 g/mol. The second-order valence-electron chi connectivity index (χ2n) is 34.9. The third kappa shape index (κ3) is 24.9. The summed E-state index contributed by atoms with van der Waals surface area (Å²) < 4.78 is 44.6. The van der Waals surface area contributed by atoms with Crippen LogP contribution in [-0.4, -0.2) is 167 Å². The Kier molecular flexibility index (Phi) is 33.7. The molecule has 20 rings (SSSR count). The molecule has 4 aliphatic rings. The van der Waals surface area contributed by atoms with E-state index in [0.717, 1.165) is 129 Å². The summed E-state index contributed by atoms with van der Waals surface area (Å²) in [7, 11) is 5.64. The van der Waals surface area contributed by atoms with Crippen LogP contribution in [-0.2, 0) is 44.7 Å². The minimum absolute atomic E-state index is 0.0571. The van der Waals surface area contributed by atoms with Crippen molar-refractivity contribution in [1.29, 1.82) is 0 Å². The summed E-state index contributed by atoms with van der Waals surface area (Å²) in [6.45, 7) is 7.81. The first-order valence-electron chi connectivity index (χ1n) is 47.2. The first kappa shape index (κ1) is 104. The van der Waals surface area contributed by atoms with Crippen LogP contribution in [0.3, 0.4) is 0 Å². The molecule has 35 heteroatoms. The predicted molar refractivity (Wildman–Crippen MR) is 576 cm³/mol. The van der Waals surface area contributed by atoms with Crippen molar-refractivity contribution in [2.45, 2.75) is 76.5 Å². The first-order chi connectivity index (χ1) is 70.7. The molecule has 0 spiro atoms. The average Bonchev–Trinajstić information content (AvgIpc) is 1.61. The van der Waals surface area contributed by atoms with Gasteiger partial charge in [0.05, 0.1) is 19.8 Å². The molecule has 146 heavy (non-hydrogen) atoms. The highest BCUT2D eigenvalue weighted by molar-refractivity contribution is 9.10. The quantitative estimate of drug-likeness (QED) is 0.0329. The van der Waals surface area contributed by atoms with Crippen molar-refractivity contribution >= 4 is 200 Å². The summed E-state index contributed by atoms with van der Waals surface area (Å²) in [5.41, 5.74) is 17.5. The number of rotatable bonds is 21. The van der Waals surface area contributed by atoms with Crippen molar-refractivity contribution in [3.63, 3.8) is 0 Å². The molecule has 0 aliphatic carbocycles. The molecular weight excluding hydrogens is 2070 g/mol. The molecule has 27 nitrogen and oxygen atoms in total. The number of hydrogen-bond acceptors (Lipinski definition) is 16. The van der Waals surface area contributed by atoms with Gasteiger partial charge in [-0.25, -0.2) is 28.8 Å². The lowest BCUT2D eigenvalue weighted by Gasteiger charge is -2.35. The fourth-order valence-corrected chi connectivity index (χ4v) is 19.7. The lowest BCUT2D eigenvalue weighted by molar-refractivity contribution is -0.115. The predicted octanol–water partition coefficient (Wildman–Crippen LogP) is 28.0. The smallest absolute Gasteiger partial charge is 0.416 e. The summed E-state index contributed by atoms with van der Waals surface area (Å²) in [6, 6.07) is 78.8. The van der Waals surface area contributed by atoms with Crippen LogP contribution in [0, 0.1) is 0 Å². The Balaban J connectivity index is 0.000000133. The highest BCUT2D eigenvalue weighted by Gasteiger charge is 2.41. The van der Waals surface area contributed by atoms with Gasteiger partial charge in [0.1, 0.15) is 59.5 Å². The van der Waals surface area contributed by atoms with Crippen LogP contribution in [0.2, 0.25) is 35.2 Å². The molecule has 0 saturated heterocycles. The fraction of sp³-hybridized carbons (Fsp3) is 0.216. The Morgan fingerprint density at radius 2 is 0.630 bits per heavy atom. The van der Waals surface area contributed by atoms with Gasteiger partial charge in [-0.3, -0.25) is 35.0 Å². The maximum Gasteiger partial charge on any atom is 0.416 e. The van der Waals surface area contributed by atoms with E-state index in [-0.39, 0.29) is 25.2 Å². The van der Waals surface area contributed by atoms with Crippen LogP contribution < -0.4 is 39.6 Å². The van der Waals surface area contributed by atoms with Crippen molar-refractivity contribution in [2.24, 2.45) is 0 Å². The molecule has 0 saturated carbocycles. The number of hydrogen-bond donors (Lipinski definition) is 7. The van der Waals surface area contributed by atoms with Gasteiger partial charge in [0.2, 0.25) is 5.91 Å². The largest absolute Gasteiger partial charge is 0.494 e. The van der Waals surface area contributed by atoms with E-state index in [9.17, 15) is 33.6 Å². The van der Waals surface area contributed by atoms with Crippen LogP contribution in [0.4, 0.5) is 45.8 Å². The van der Waals surface area contributed by atoms with Gasteiger partial charge in [-0.15, -0.1) is 0 Å². The monoisotopic (exact) mass is 2160 g/mol. The number of halogens is 8. The number of amides is 7. The molecule has 7 N–H and O–H groups in total. The fourth-order valence-electron chi connectivity index (χ4n) is 18.3. The maximum atomic E-state index is 13.4. The highest BCUT2D eigenvalue weighted by atomic mass is 79.9. The molecule has 12 aromatic carbocycles. The van der Waals surface area contributed by atoms with E-state index in [4.69, 9.17) is 119 Å². The molecule has 750 valence electrons. The van der Waals surface area contributed by atoms with Crippen molar-refractivity contribution < 1.29 is 71.5 Å². The van der Waals surface area contributed by atoms with Crippen LogP contribution in [0.1, 0.15) is 118 Å². The number of benzene rings is 12. The Bertz CT molecular complexity index is 7410. The summed E-state index contributed by atoms with van der Waals surface area (Å²) in [4.78, 5) is 112. The van der Waals surface area contributed by atoms with E-state index in [0.29, 0.717) is 147 Å². The number of methoxy groups -OCH3 is 1. The lowest BCUT2D eigenvalue weighted by atomic mass is 9.92. The minimum Gasteiger partial charge on any atom is -0.494 e. The maximum absolute atomic E-state index is 13.4. The number of carbonyl (C=O) groups is 7. The van der Waals surface area contributed by atoms with E-state index in [1.54, 1.807) is 143 Å². The third-order valence-electron chi connectivity index (χ3n) is 25.2. The zero-order valence-corrected chi connectivity index (χ0v) is 86.6. The summed E-state index contributed by atoms with van der Waals surface area (Å²) in [5.74, 6) is 2.49. The van der Waals surface area contributed by atoms with E-state index < -0.39 is 54.7 Å². The number of aromatic nitrogens is 4. The molecule has 0 fully saturated rings. The highest BCUT2D eigenvalue weighted by Crippen LogP contribution is 2.47. The Labute approximate surface area is 884 Å². The summed E-state index contributed by atoms with van der Waals surface area (Å²) >= 11 is 46.5. The molecule has 16 aromatic rings. The molecule has 0 bridgehead atoms. The SMILES string of the molecule is CCC(=O)Nc1ccc(C2c3[nH]c4ccc(Cl)cc4c3CCN2C(=O)Oc2ccc(Cl)cc2)cc1.CCOC(=O)Nc1ccc(C2c3[nH]c4ccc(Cl)cc4c3CCN2C(=O)Oc2ccc(Cl)cc2)cc1.CN(C)CCCOc1ccc(C2c3[nH]c4ccc(Cl)cc4c3CCN2C(=O)Oc2ccc(Br)cc2)cc1.COCCOC(=O)Nc1ccc(C2c3[nH]c4ccc(Cl)cc4c3CCN2C(=O)Oc2ccc(Cl)cc2)cc1. The van der Waals surface area contributed by atoms with E-state index in [2.05, 4.69) is 70.8 Å². The van der Waals surface area contributed by atoms with Crippen molar-refractivity contribution in [2.75, 3.05) is 96.3 Å². The number of aromatic amines is 4. The second kappa shape index (κ2) is 47.5. The number of carbonyl (C=O) groups excluding carboxylic acids is 7. The topological polar surface area (TPSA) is 309 Å². The van der Waals surface area contributed by atoms with E-state index >= 15 is 0 Å². The lowest BCUT2D eigenvalue weighted by Crippen LogP contribution is -2.42. The molecule has 8 heterocycles. The second-order valence-corrected chi connectivity index (χ2v) is 38.9. The van der Waals surface area contributed by atoms with Crippen molar-refractivity contribution in [1.82, 2.24) is 44.4 Å². The first-order valence-corrected chi connectivity index (χ1v) is 50.6. The van der Waals surface area contributed by atoms with Gasteiger partial charge in [0, 0.05) is 169 Å². The van der Waals surface area contributed by atoms with Gasteiger partial charge in [0.25, 0.3) is 0 Å². The van der Waals surface area contributed by atoms with Crippen LogP contribution >= 0.6 is 97.1 Å². The molecule has 4 atom stereocenters. The molecule has 4 unspecified atom stereocenters. The Hall–Kier alpha value is -13.9. The number of ether oxygens (including phenoxy) is 8. The van der Waals surface area contributed by atoms with Crippen molar-refractivity contribution in [3.8, 4) is 28.7 Å². The molecular formula is C111H100BrCl7N12O15. The molecule has 0 radical (unpaired) electrons. The van der Waals surface area contributed by atoms with Crippen LogP contribution in [0.15, 0.2) is 271 Å².